The highest BCUT2D eigenvalue weighted by atomic mass is 14.8. The van der Waals surface area contributed by atoms with Gasteiger partial charge in [-0.15, -0.1) is 0 Å². The van der Waals surface area contributed by atoms with Crippen LogP contribution in [0, 0.1) is 0 Å². The van der Waals surface area contributed by atoms with Gasteiger partial charge in [0.25, 0.3) is 0 Å². The molecule has 0 saturated heterocycles. The molecule has 0 radical (unpaired) electrons. The first kappa shape index (κ1) is 28.3. The zero-order chi connectivity index (χ0) is 29.9. The van der Waals surface area contributed by atoms with Crippen LogP contribution < -0.4 is 0 Å². The molecule has 3 aromatic heterocycles. The van der Waals surface area contributed by atoms with Crippen molar-refractivity contribution in [3.8, 4) is 45.0 Å². The number of H-pyrrole nitrogens is 2. The van der Waals surface area contributed by atoms with Gasteiger partial charge in [-0.25, -0.2) is 9.97 Å². The first-order chi connectivity index (χ1) is 21.7. The van der Waals surface area contributed by atoms with Gasteiger partial charge in [0, 0.05) is 33.3 Å². The van der Waals surface area contributed by atoms with Gasteiger partial charge in [-0.3, -0.25) is 0 Å². The number of nitrogens with one attached hydrogen (secondary N) is 2. The molecule has 2 N–H and O–H groups in total. The van der Waals surface area contributed by atoms with Gasteiger partial charge in [-0.05, 0) is 73.2 Å². The molecule has 0 amide bonds. The number of hydrogen-bond acceptors (Lipinski definition) is 2. The van der Waals surface area contributed by atoms with Crippen molar-refractivity contribution in [1.29, 1.82) is 0 Å². The molecular formula is C40H42N4. The number of fused-ring (bicyclic) bond motifs is 16. The number of rotatable bonds is 10. The van der Waals surface area contributed by atoms with E-state index >= 15 is 0 Å². The maximum Gasteiger partial charge on any atom is 0.0979 e. The molecule has 0 saturated carbocycles. The monoisotopic (exact) mass is 578 g/mol. The van der Waals surface area contributed by atoms with Gasteiger partial charge in [-0.1, -0.05) is 101 Å². The van der Waals surface area contributed by atoms with E-state index in [2.05, 4.69) is 109 Å². The number of aryl methyl sites for hydroxylation is 2. The van der Waals surface area contributed by atoms with Crippen LogP contribution in [-0.4, -0.2) is 19.9 Å². The normalized spacial score (nSPS) is 11.9. The van der Waals surface area contributed by atoms with Gasteiger partial charge < -0.3 is 9.97 Å². The van der Waals surface area contributed by atoms with Crippen molar-refractivity contribution < 1.29 is 0 Å². The van der Waals surface area contributed by atoms with Crippen molar-refractivity contribution in [2.45, 2.75) is 78.1 Å². The standard InChI is InChI=1S/C40H42N4/c1-3-5-7-9-15-27-25-37-38-26-28(16-10-8-6-4-2)34(42-38)22-24-36-30-18-12-14-20-32(30)40(44-36)39-31-19-13-11-17-29(31)35(43-39)23-21-33(27)41-37/h11-14,17-26,41-42H,3-10,15-16H2,1-2H3. The largest absolute Gasteiger partial charge is 0.354 e. The van der Waals surface area contributed by atoms with Crippen molar-refractivity contribution in [1.82, 2.24) is 19.9 Å². The van der Waals surface area contributed by atoms with E-state index in [0.717, 1.165) is 68.9 Å². The van der Waals surface area contributed by atoms with Crippen LogP contribution in [0.1, 0.15) is 76.3 Å². The molecule has 5 heterocycles. The topological polar surface area (TPSA) is 57.4 Å². The van der Waals surface area contributed by atoms with Crippen molar-refractivity contribution in [2.75, 3.05) is 0 Å². The number of aromatic nitrogens is 4. The Hall–Kier alpha value is -4.44. The summed E-state index contributed by atoms with van der Waals surface area (Å²) >= 11 is 0. The Labute approximate surface area is 260 Å². The highest BCUT2D eigenvalue weighted by Crippen LogP contribution is 2.44. The molecule has 4 heteroatoms. The van der Waals surface area contributed by atoms with Gasteiger partial charge in [0.1, 0.15) is 0 Å². The van der Waals surface area contributed by atoms with Crippen LogP contribution in [0.3, 0.4) is 0 Å². The molecule has 0 spiro atoms. The molecule has 0 aliphatic carbocycles. The van der Waals surface area contributed by atoms with Crippen LogP contribution in [-0.2, 0) is 12.8 Å². The third-order valence-corrected chi connectivity index (χ3v) is 9.18. The first-order valence-corrected chi connectivity index (χ1v) is 16.6. The molecule has 4 nitrogen and oxygen atoms in total. The predicted molar refractivity (Wildman–Crippen MR) is 186 cm³/mol. The fourth-order valence-electron chi connectivity index (χ4n) is 6.76. The quantitative estimate of drug-likeness (QED) is 0.159. The summed E-state index contributed by atoms with van der Waals surface area (Å²) in [6.45, 7) is 4.55. The number of unbranched alkanes of at least 4 members (excludes halogenated alkanes) is 6. The van der Waals surface area contributed by atoms with Crippen molar-refractivity contribution >= 4 is 22.1 Å². The fourth-order valence-corrected chi connectivity index (χ4v) is 6.76. The van der Waals surface area contributed by atoms with Crippen LogP contribution in [0.2, 0.25) is 0 Å². The fraction of sp³-hybridized carbons (Fsp3) is 0.300. The molecule has 7 rings (SSSR count). The molecule has 222 valence electrons. The summed E-state index contributed by atoms with van der Waals surface area (Å²) in [6.07, 6.45) is 12.1. The second-order valence-electron chi connectivity index (χ2n) is 12.3. The summed E-state index contributed by atoms with van der Waals surface area (Å²) < 4.78 is 0. The molecule has 2 aromatic carbocycles. The molecule has 44 heavy (non-hydrogen) atoms. The van der Waals surface area contributed by atoms with E-state index in [1.807, 2.05) is 0 Å². The molecule has 5 aromatic rings. The Kier molecular flexibility index (Phi) is 8.15. The predicted octanol–water partition coefficient (Wildman–Crippen LogP) is 11.2. The lowest BCUT2D eigenvalue weighted by atomic mass is 9.99. The van der Waals surface area contributed by atoms with Crippen LogP contribution in [0.25, 0.3) is 67.1 Å². The van der Waals surface area contributed by atoms with Crippen molar-refractivity contribution in [3.05, 3.63) is 96.1 Å². The summed E-state index contributed by atoms with van der Waals surface area (Å²) in [4.78, 5) is 18.1. The zero-order valence-corrected chi connectivity index (χ0v) is 26.0. The lowest BCUT2D eigenvalue weighted by Gasteiger charge is -2.02. The maximum atomic E-state index is 5.24. The van der Waals surface area contributed by atoms with Crippen LogP contribution in [0.15, 0.2) is 84.9 Å². The summed E-state index contributed by atoms with van der Waals surface area (Å²) in [5.74, 6) is 0. The minimum atomic E-state index is 0.953. The minimum Gasteiger partial charge on any atom is -0.354 e. The average Bonchev–Trinajstić information content (AvgIpc) is 3.82. The summed E-state index contributed by atoms with van der Waals surface area (Å²) in [5, 5.41) is 0. The van der Waals surface area contributed by atoms with E-state index in [1.165, 1.54) is 73.5 Å². The molecule has 0 atom stereocenters. The molecule has 2 aliphatic heterocycles. The molecular weight excluding hydrogens is 536 g/mol. The first-order valence-electron chi connectivity index (χ1n) is 16.6. The van der Waals surface area contributed by atoms with Crippen LogP contribution >= 0.6 is 0 Å². The maximum absolute atomic E-state index is 5.24. The number of aromatic amines is 2. The van der Waals surface area contributed by atoms with Crippen LogP contribution in [0.5, 0.6) is 0 Å². The van der Waals surface area contributed by atoms with E-state index in [0.29, 0.717) is 0 Å². The summed E-state index contributed by atoms with van der Waals surface area (Å²) in [5.41, 5.74) is 15.9. The highest BCUT2D eigenvalue weighted by molar-refractivity contribution is 5.97. The van der Waals surface area contributed by atoms with E-state index in [9.17, 15) is 0 Å². The van der Waals surface area contributed by atoms with E-state index in [1.54, 1.807) is 0 Å². The van der Waals surface area contributed by atoms with E-state index in [-0.39, 0.29) is 0 Å². The summed E-state index contributed by atoms with van der Waals surface area (Å²) in [6, 6.07) is 30.7. The highest BCUT2D eigenvalue weighted by Gasteiger charge is 2.24. The molecule has 0 unspecified atom stereocenters. The smallest absolute Gasteiger partial charge is 0.0979 e. The average molecular weight is 579 g/mol. The number of benzene rings is 2. The minimum absolute atomic E-state index is 0.953. The van der Waals surface area contributed by atoms with Crippen molar-refractivity contribution in [2.24, 2.45) is 0 Å². The Balaban J connectivity index is 1.48. The zero-order valence-electron chi connectivity index (χ0n) is 26.0. The Morgan fingerprint density at radius 1 is 0.455 bits per heavy atom. The summed E-state index contributed by atoms with van der Waals surface area (Å²) in [7, 11) is 0. The molecule has 2 aliphatic rings. The Bertz CT molecular complexity index is 1820. The number of hydrogen-bond donors (Lipinski definition) is 2. The van der Waals surface area contributed by atoms with E-state index < -0.39 is 0 Å². The Morgan fingerprint density at radius 2 is 0.886 bits per heavy atom. The van der Waals surface area contributed by atoms with Gasteiger partial charge in [0.2, 0.25) is 0 Å². The van der Waals surface area contributed by atoms with Gasteiger partial charge in [0.05, 0.1) is 33.8 Å². The second-order valence-corrected chi connectivity index (χ2v) is 12.3. The SMILES string of the molecule is CCCCCCc1cc2[nH]c1ccc1nc(c3nc(ccc4[nH]c2cc4CCCCCC)-c2ccccc2-3)-c2ccccc2-1. The van der Waals surface area contributed by atoms with Crippen LogP contribution in [0.4, 0.5) is 0 Å². The van der Waals surface area contributed by atoms with Gasteiger partial charge in [0.15, 0.2) is 0 Å². The molecule has 8 bridgehead atoms. The van der Waals surface area contributed by atoms with Crippen molar-refractivity contribution in [3.63, 3.8) is 0 Å². The van der Waals surface area contributed by atoms with E-state index in [4.69, 9.17) is 9.97 Å². The van der Waals surface area contributed by atoms with Gasteiger partial charge in [-0.2, -0.15) is 0 Å². The van der Waals surface area contributed by atoms with Gasteiger partial charge >= 0.3 is 0 Å². The molecule has 0 fully saturated rings. The Morgan fingerprint density at radius 3 is 1.32 bits per heavy atom. The lowest BCUT2D eigenvalue weighted by molar-refractivity contribution is 0.668. The third-order valence-electron chi connectivity index (χ3n) is 9.18. The second kappa shape index (κ2) is 12.7. The number of nitrogens with zero attached hydrogens (tertiary/aromatic N) is 2. The lowest BCUT2D eigenvalue weighted by Crippen LogP contribution is -1.83. The third kappa shape index (κ3) is 5.50.